The molecule has 10 heteroatoms. The van der Waals surface area contributed by atoms with Gasteiger partial charge in [0.2, 0.25) is 5.08 Å². The maximum Gasteiger partial charge on any atom is 0.371 e. The van der Waals surface area contributed by atoms with Crippen molar-refractivity contribution >= 4 is 21.2 Å². The minimum absolute atomic E-state index is 0.355. The first kappa shape index (κ1) is 21.0. The Hall–Kier alpha value is -1.76. The zero-order chi connectivity index (χ0) is 20.6. The van der Waals surface area contributed by atoms with Gasteiger partial charge >= 0.3 is 7.60 Å². The number of ether oxygens (including phenoxy) is 1. The molecule has 1 aromatic heterocycles. The first-order chi connectivity index (χ1) is 13.0. The monoisotopic (exact) mass is 425 g/mol. The Morgan fingerprint density at radius 1 is 1.29 bits per heavy atom. The molecule has 28 heavy (non-hydrogen) atoms. The average molecular weight is 425 g/mol. The third kappa shape index (κ3) is 4.00. The molecule has 0 spiro atoms. The molecule has 2 heterocycles. The number of pyridine rings is 1. The topological polar surface area (TPSA) is 118 Å². The summed E-state index contributed by atoms with van der Waals surface area (Å²) in [6.45, 7) is 5.33. The van der Waals surface area contributed by atoms with Crippen molar-refractivity contribution < 1.29 is 33.2 Å². The van der Waals surface area contributed by atoms with Crippen LogP contribution < -0.4 is 4.74 Å². The molecular weight excluding hydrogens is 404 g/mol. The molecule has 4 unspecified atom stereocenters. The van der Waals surface area contributed by atoms with Crippen molar-refractivity contribution in [3.05, 3.63) is 72.3 Å². The number of hydrogen-bond acceptors (Lipinski definition) is 7. The van der Waals surface area contributed by atoms with E-state index in [1.54, 1.807) is 43.3 Å². The lowest BCUT2D eigenvalue weighted by molar-refractivity contribution is -0.0473. The van der Waals surface area contributed by atoms with Gasteiger partial charge in [-0.15, -0.1) is 0 Å². The number of aliphatic hydroxyl groups is 1. The van der Waals surface area contributed by atoms with E-state index in [4.69, 9.17) is 13.8 Å². The summed E-state index contributed by atoms with van der Waals surface area (Å²) in [4.78, 5) is 25.1. The lowest BCUT2D eigenvalue weighted by Crippen LogP contribution is -2.38. The lowest BCUT2D eigenvalue weighted by Gasteiger charge is -2.45. The zero-order valence-corrected chi connectivity index (χ0v) is 16.9. The Labute approximate surface area is 162 Å². The highest BCUT2D eigenvalue weighted by Crippen LogP contribution is 2.78. The van der Waals surface area contributed by atoms with Gasteiger partial charge in [-0.1, -0.05) is 24.8 Å². The molecule has 3 rings (SSSR count). The van der Waals surface area contributed by atoms with Gasteiger partial charge in [0, 0.05) is 24.4 Å². The number of nitrogens with zero attached hydrogens (tertiary/aromatic N) is 1. The van der Waals surface area contributed by atoms with E-state index in [2.05, 4.69) is 17.9 Å². The minimum atomic E-state index is -4.76. The van der Waals surface area contributed by atoms with E-state index in [-0.39, 0.29) is 0 Å². The molecule has 1 aliphatic rings. The molecule has 1 saturated heterocycles. The van der Waals surface area contributed by atoms with Crippen LogP contribution in [-0.2, 0) is 20.0 Å². The van der Waals surface area contributed by atoms with Gasteiger partial charge in [0.1, 0.15) is 5.75 Å². The summed E-state index contributed by atoms with van der Waals surface area (Å²) in [7, 11) is -8.76. The SMILES string of the molecule is C=C(C)Oc1ccc(C2OP(=C)(O)C(O)(Cc3cccnc3)P(=O)(O)O2)cc1. The maximum absolute atomic E-state index is 12.9. The maximum atomic E-state index is 12.9. The molecule has 0 amide bonds. The molecule has 0 radical (unpaired) electrons. The van der Waals surface area contributed by atoms with Crippen LogP contribution in [0, 0.1) is 0 Å². The quantitative estimate of drug-likeness (QED) is 0.493. The van der Waals surface area contributed by atoms with Crippen LogP contribution >= 0.6 is 14.9 Å². The summed E-state index contributed by atoms with van der Waals surface area (Å²) in [5.41, 5.74) is 0.780. The van der Waals surface area contributed by atoms with E-state index in [0.717, 1.165) is 0 Å². The molecule has 1 aliphatic heterocycles. The smallest absolute Gasteiger partial charge is 0.371 e. The second-order valence-corrected chi connectivity index (χ2v) is 11.1. The van der Waals surface area contributed by atoms with Gasteiger partial charge in [-0.3, -0.25) is 18.6 Å². The second-order valence-electron chi connectivity index (χ2n) is 6.45. The van der Waals surface area contributed by atoms with Crippen molar-refractivity contribution in [1.82, 2.24) is 4.98 Å². The van der Waals surface area contributed by atoms with Crippen LogP contribution in [0.1, 0.15) is 24.3 Å². The van der Waals surface area contributed by atoms with Crippen LogP contribution in [0.15, 0.2) is 61.1 Å². The predicted octanol–water partition coefficient (Wildman–Crippen LogP) is 3.39. The molecule has 1 fully saturated rings. The van der Waals surface area contributed by atoms with E-state index < -0.39 is 32.7 Å². The van der Waals surface area contributed by atoms with Crippen molar-refractivity contribution in [3.63, 3.8) is 0 Å². The van der Waals surface area contributed by atoms with Gasteiger partial charge in [0.15, 0.2) is 13.6 Å². The van der Waals surface area contributed by atoms with Crippen LogP contribution in [0.4, 0.5) is 0 Å². The number of benzene rings is 1. The molecule has 4 atom stereocenters. The number of hydrogen-bond donors (Lipinski definition) is 3. The van der Waals surface area contributed by atoms with Gasteiger partial charge in [-0.05, 0) is 37.0 Å². The lowest BCUT2D eigenvalue weighted by atomic mass is 10.2. The zero-order valence-electron chi connectivity index (χ0n) is 15.1. The van der Waals surface area contributed by atoms with Crippen molar-refractivity contribution in [2.24, 2.45) is 0 Å². The van der Waals surface area contributed by atoms with Crippen LogP contribution in [0.5, 0.6) is 5.75 Å². The van der Waals surface area contributed by atoms with Gasteiger partial charge in [-0.25, -0.2) is 0 Å². The number of allylic oxidation sites excluding steroid dienone is 1. The van der Waals surface area contributed by atoms with Gasteiger partial charge in [-0.2, -0.15) is 0 Å². The van der Waals surface area contributed by atoms with Crippen LogP contribution in [0.25, 0.3) is 0 Å². The summed E-state index contributed by atoms with van der Waals surface area (Å²) in [6, 6.07) is 9.48. The van der Waals surface area contributed by atoms with Crippen molar-refractivity contribution in [1.29, 1.82) is 0 Å². The first-order valence-electron chi connectivity index (χ1n) is 8.25. The Morgan fingerprint density at radius 3 is 2.50 bits per heavy atom. The molecule has 150 valence electrons. The van der Waals surface area contributed by atoms with E-state index >= 15 is 0 Å². The fourth-order valence-electron chi connectivity index (χ4n) is 2.69. The highest BCUT2D eigenvalue weighted by Gasteiger charge is 2.62. The number of rotatable bonds is 5. The molecule has 0 aliphatic carbocycles. The summed E-state index contributed by atoms with van der Waals surface area (Å²) in [5, 5.41) is 8.32. The Kier molecular flexibility index (Phi) is 5.67. The van der Waals surface area contributed by atoms with E-state index in [1.807, 2.05) is 0 Å². The van der Waals surface area contributed by atoms with Gasteiger partial charge in [0.25, 0.3) is 0 Å². The Morgan fingerprint density at radius 2 is 1.96 bits per heavy atom. The molecule has 0 bridgehead atoms. The molecule has 0 saturated carbocycles. The molecule has 2 aromatic rings. The second kappa shape index (κ2) is 7.58. The van der Waals surface area contributed by atoms with Crippen molar-refractivity contribution in [3.8, 4) is 5.75 Å². The van der Waals surface area contributed by atoms with E-state index in [9.17, 15) is 19.5 Å². The minimum Gasteiger partial charge on any atom is -0.463 e. The summed E-state index contributed by atoms with van der Waals surface area (Å²) < 4.78 is 28.9. The number of aromatic nitrogens is 1. The van der Waals surface area contributed by atoms with Gasteiger partial charge < -0.3 is 19.6 Å². The highest BCUT2D eigenvalue weighted by atomic mass is 31.2. The van der Waals surface area contributed by atoms with Crippen LogP contribution in [-0.4, -0.2) is 31.3 Å². The molecule has 8 nitrogen and oxygen atoms in total. The molecular formula is C18H21NO7P2. The Bertz CT molecular complexity index is 936. The molecule has 1 aromatic carbocycles. The fraction of sp³-hybridized carbons (Fsp3) is 0.222. The highest BCUT2D eigenvalue weighted by molar-refractivity contribution is 7.78. The largest absolute Gasteiger partial charge is 0.463 e. The van der Waals surface area contributed by atoms with Gasteiger partial charge in [0.05, 0.1) is 5.76 Å². The first-order valence-corrected chi connectivity index (χ1v) is 11.7. The Balaban J connectivity index is 1.88. The fourth-order valence-corrected chi connectivity index (χ4v) is 6.68. The summed E-state index contributed by atoms with van der Waals surface area (Å²) in [5.74, 6) is 1.00. The third-order valence-corrected chi connectivity index (χ3v) is 9.18. The summed E-state index contributed by atoms with van der Waals surface area (Å²) in [6.07, 6.45) is 4.68. The standard InChI is InChI=1S/C18H21NO7P2/c1-13(2)24-16-8-6-15(7-9-16)17-25-27(3,21)18(20,28(22,23)26-17)11-14-5-4-10-19-12-14/h4-10,12,17,20-21H,1,3,11H2,2H3,(H,22,23). The summed E-state index contributed by atoms with van der Waals surface area (Å²) >= 11 is 0. The third-order valence-electron chi connectivity index (χ3n) is 4.13. The predicted molar refractivity (Wildman–Crippen MR) is 106 cm³/mol. The average Bonchev–Trinajstić information content (AvgIpc) is 2.60. The van der Waals surface area contributed by atoms with Crippen LogP contribution in [0.3, 0.4) is 0 Å². The van der Waals surface area contributed by atoms with E-state index in [0.29, 0.717) is 22.6 Å². The van der Waals surface area contributed by atoms with Crippen molar-refractivity contribution in [2.75, 3.05) is 0 Å². The molecule has 3 N–H and O–H groups in total. The van der Waals surface area contributed by atoms with Crippen LogP contribution in [0.2, 0.25) is 0 Å². The van der Waals surface area contributed by atoms with Crippen molar-refractivity contribution in [2.45, 2.75) is 24.7 Å². The normalized spacial score (nSPS) is 32.6. The van der Waals surface area contributed by atoms with E-state index in [1.165, 1.54) is 12.4 Å².